The van der Waals surface area contributed by atoms with Crippen molar-refractivity contribution >= 4 is 11.5 Å². The van der Waals surface area contributed by atoms with Gasteiger partial charge in [-0.1, -0.05) is 30.3 Å². The van der Waals surface area contributed by atoms with E-state index < -0.39 is 4.92 Å². The number of carbonyl (C=O) groups excluding carboxylic acids is 1. The molecule has 1 saturated heterocycles. The fourth-order valence-electron chi connectivity index (χ4n) is 3.24. The lowest BCUT2D eigenvalue weighted by atomic mass is 10.1. The van der Waals surface area contributed by atoms with Crippen LogP contribution in [0.25, 0.3) is 0 Å². The fourth-order valence-corrected chi connectivity index (χ4v) is 3.24. The molecule has 1 fully saturated rings. The van der Waals surface area contributed by atoms with Gasteiger partial charge in [-0.3, -0.25) is 19.8 Å². The van der Waals surface area contributed by atoms with Gasteiger partial charge in [-0.25, -0.2) is 4.39 Å². The molecule has 0 unspecified atom stereocenters. The fraction of sp³-hybridized carbons (Fsp3) is 0.350. The maximum absolute atomic E-state index is 13.8. The number of nitro benzene ring substituents is 1. The van der Waals surface area contributed by atoms with Crippen molar-refractivity contribution in [3.05, 3.63) is 75.6 Å². The average Bonchev–Trinajstić information content (AvgIpc) is 2.69. The minimum Gasteiger partial charge on any atom is -0.300 e. The summed E-state index contributed by atoms with van der Waals surface area (Å²) in [4.78, 5) is 27.0. The van der Waals surface area contributed by atoms with Gasteiger partial charge >= 0.3 is 0 Å². The molecule has 142 valence electrons. The molecule has 0 bridgehead atoms. The first kappa shape index (κ1) is 19.1. The van der Waals surface area contributed by atoms with E-state index in [2.05, 4.69) is 9.80 Å². The molecule has 2 aromatic carbocycles. The Labute approximate surface area is 157 Å². The number of hydrogen-bond donors (Lipinski definition) is 0. The molecule has 27 heavy (non-hydrogen) atoms. The Morgan fingerprint density at radius 1 is 1.04 bits per heavy atom. The van der Waals surface area contributed by atoms with Crippen molar-refractivity contribution in [3.8, 4) is 0 Å². The van der Waals surface area contributed by atoms with E-state index in [1.165, 1.54) is 24.3 Å². The highest BCUT2D eigenvalue weighted by Gasteiger charge is 2.19. The highest BCUT2D eigenvalue weighted by atomic mass is 19.1. The van der Waals surface area contributed by atoms with Gasteiger partial charge in [-0.05, 0) is 6.07 Å². The lowest BCUT2D eigenvalue weighted by molar-refractivity contribution is -0.384. The van der Waals surface area contributed by atoms with Gasteiger partial charge in [0.05, 0.1) is 4.92 Å². The van der Waals surface area contributed by atoms with Gasteiger partial charge in [-0.15, -0.1) is 0 Å². The van der Waals surface area contributed by atoms with Crippen molar-refractivity contribution in [1.29, 1.82) is 0 Å². The molecule has 0 atom stereocenters. The minimum atomic E-state index is -0.494. The lowest BCUT2D eigenvalue weighted by Gasteiger charge is -2.34. The predicted octanol–water partition coefficient (Wildman–Crippen LogP) is 3.12. The Hall–Kier alpha value is -2.64. The van der Waals surface area contributed by atoms with Crippen LogP contribution >= 0.6 is 0 Å². The van der Waals surface area contributed by atoms with Crippen LogP contribution in [0.5, 0.6) is 0 Å². The third-order valence-corrected chi connectivity index (χ3v) is 4.85. The Morgan fingerprint density at radius 2 is 1.74 bits per heavy atom. The van der Waals surface area contributed by atoms with E-state index in [-0.39, 0.29) is 17.3 Å². The summed E-state index contributed by atoms with van der Waals surface area (Å²) in [6.45, 7) is 4.48. The first-order chi connectivity index (χ1) is 13.0. The Balaban J connectivity index is 1.45. The summed E-state index contributed by atoms with van der Waals surface area (Å²) in [7, 11) is 0. The molecule has 3 rings (SSSR count). The average molecular weight is 371 g/mol. The molecule has 1 heterocycles. The zero-order chi connectivity index (χ0) is 19.2. The predicted molar refractivity (Wildman–Crippen MR) is 100 cm³/mol. The molecular formula is C20H22FN3O3. The second-order valence-electron chi connectivity index (χ2n) is 6.69. The molecule has 6 nitrogen and oxygen atoms in total. The molecule has 1 aliphatic rings. The van der Waals surface area contributed by atoms with Gasteiger partial charge < -0.3 is 4.90 Å². The summed E-state index contributed by atoms with van der Waals surface area (Å²) in [5, 5.41) is 10.8. The number of ketones is 1. The van der Waals surface area contributed by atoms with Crippen molar-refractivity contribution in [1.82, 2.24) is 9.80 Å². The zero-order valence-electron chi connectivity index (χ0n) is 15.0. The van der Waals surface area contributed by atoms with Crippen molar-refractivity contribution < 1.29 is 14.1 Å². The van der Waals surface area contributed by atoms with Crippen LogP contribution in [0.2, 0.25) is 0 Å². The third-order valence-electron chi connectivity index (χ3n) is 4.85. The van der Waals surface area contributed by atoms with Gasteiger partial charge in [0.2, 0.25) is 0 Å². The molecule has 0 radical (unpaired) electrons. The highest BCUT2D eigenvalue weighted by Crippen LogP contribution is 2.16. The van der Waals surface area contributed by atoms with E-state index in [1.807, 2.05) is 6.07 Å². The standard InChI is InChI=1S/C20H22FN3O3/c21-19-7-2-1-4-17(19)15-23-12-10-22(11-13-23)9-8-20(25)16-5-3-6-18(14-16)24(26)27/h1-7,14H,8-13,15H2. The number of piperazine rings is 1. The van der Waals surface area contributed by atoms with Crippen LogP contribution in [0.4, 0.5) is 10.1 Å². The largest absolute Gasteiger partial charge is 0.300 e. The van der Waals surface area contributed by atoms with Crippen LogP contribution in [-0.2, 0) is 6.54 Å². The number of rotatable bonds is 7. The number of non-ortho nitro benzene ring substituents is 1. The van der Waals surface area contributed by atoms with Gasteiger partial charge in [0, 0.05) is 68.9 Å². The molecule has 0 amide bonds. The van der Waals surface area contributed by atoms with Crippen LogP contribution < -0.4 is 0 Å². The number of benzene rings is 2. The Morgan fingerprint density at radius 3 is 2.44 bits per heavy atom. The Bertz CT molecular complexity index is 820. The van der Waals surface area contributed by atoms with Gasteiger partial charge in [-0.2, -0.15) is 0 Å². The second kappa shape index (κ2) is 8.83. The van der Waals surface area contributed by atoms with Crippen molar-refractivity contribution in [2.75, 3.05) is 32.7 Å². The smallest absolute Gasteiger partial charge is 0.270 e. The Kier molecular flexibility index (Phi) is 6.26. The summed E-state index contributed by atoms with van der Waals surface area (Å²) >= 11 is 0. The normalized spacial score (nSPS) is 15.6. The number of carbonyl (C=O) groups is 1. The quantitative estimate of drug-likeness (QED) is 0.425. The van der Waals surface area contributed by atoms with E-state index in [1.54, 1.807) is 18.2 Å². The number of nitro groups is 1. The van der Waals surface area contributed by atoms with Crippen LogP contribution in [-0.4, -0.2) is 53.2 Å². The highest BCUT2D eigenvalue weighted by molar-refractivity contribution is 5.96. The number of Topliss-reactive ketones (excluding diaryl/α,β-unsaturated/α-hetero) is 1. The first-order valence-corrected chi connectivity index (χ1v) is 8.99. The lowest BCUT2D eigenvalue weighted by Crippen LogP contribution is -2.46. The molecule has 0 N–H and O–H groups in total. The SMILES string of the molecule is O=C(CCN1CCN(Cc2ccccc2F)CC1)c1cccc([N+](=O)[O-])c1. The van der Waals surface area contributed by atoms with Crippen molar-refractivity contribution in [2.24, 2.45) is 0 Å². The topological polar surface area (TPSA) is 66.7 Å². The van der Waals surface area contributed by atoms with E-state index in [0.717, 1.165) is 26.2 Å². The van der Waals surface area contributed by atoms with Crippen LogP contribution in [0.1, 0.15) is 22.3 Å². The minimum absolute atomic E-state index is 0.0670. The molecular weight excluding hydrogens is 349 g/mol. The van der Waals surface area contributed by atoms with E-state index in [9.17, 15) is 19.3 Å². The first-order valence-electron chi connectivity index (χ1n) is 8.99. The summed E-state index contributed by atoms with van der Waals surface area (Å²) < 4.78 is 13.8. The molecule has 0 aliphatic carbocycles. The van der Waals surface area contributed by atoms with Crippen LogP contribution in [0.15, 0.2) is 48.5 Å². The van der Waals surface area contributed by atoms with Crippen molar-refractivity contribution in [3.63, 3.8) is 0 Å². The summed E-state index contributed by atoms with van der Waals surface area (Å²) in [6, 6.07) is 12.7. The van der Waals surface area contributed by atoms with E-state index in [0.29, 0.717) is 30.6 Å². The zero-order valence-corrected chi connectivity index (χ0v) is 15.0. The van der Waals surface area contributed by atoms with Gasteiger partial charge in [0.1, 0.15) is 5.82 Å². The molecule has 0 spiro atoms. The van der Waals surface area contributed by atoms with Crippen LogP contribution in [0, 0.1) is 15.9 Å². The number of halogens is 1. The van der Waals surface area contributed by atoms with E-state index >= 15 is 0 Å². The monoisotopic (exact) mass is 371 g/mol. The van der Waals surface area contributed by atoms with Gasteiger partial charge in [0.15, 0.2) is 5.78 Å². The molecule has 2 aromatic rings. The molecule has 0 saturated carbocycles. The summed E-state index contributed by atoms with van der Waals surface area (Å²) in [5.41, 5.74) is 1.01. The molecule has 7 heteroatoms. The third kappa shape index (κ3) is 5.18. The molecule has 1 aliphatic heterocycles. The summed E-state index contributed by atoms with van der Waals surface area (Å²) in [6.07, 6.45) is 0.328. The maximum atomic E-state index is 13.8. The second-order valence-corrected chi connectivity index (χ2v) is 6.69. The van der Waals surface area contributed by atoms with Gasteiger partial charge in [0.25, 0.3) is 5.69 Å². The number of hydrogen-bond acceptors (Lipinski definition) is 5. The van der Waals surface area contributed by atoms with Crippen molar-refractivity contribution in [2.45, 2.75) is 13.0 Å². The molecule has 0 aromatic heterocycles. The van der Waals surface area contributed by atoms with E-state index in [4.69, 9.17) is 0 Å². The maximum Gasteiger partial charge on any atom is 0.270 e. The summed E-state index contributed by atoms with van der Waals surface area (Å²) in [5.74, 6) is -0.269. The van der Waals surface area contributed by atoms with Crippen LogP contribution in [0.3, 0.4) is 0 Å². The number of nitrogens with zero attached hydrogens (tertiary/aromatic N) is 3.